The lowest BCUT2D eigenvalue weighted by Crippen LogP contribution is -2.49. The number of H-pyrrole nitrogens is 1. The maximum Gasteiger partial charge on any atom is 0.222 e. The Morgan fingerprint density at radius 1 is 0.769 bits per heavy atom. The highest BCUT2D eigenvalue weighted by molar-refractivity contribution is 5.90. The van der Waals surface area contributed by atoms with Crippen LogP contribution in [0.4, 0.5) is 0 Å². The molecule has 1 saturated heterocycles. The van der Waals surface area contributed by atoms with E-state index in [1.54, 1.807) is 0 Å². The second-order valence-corrected chi connectivity index (χ2v) is 10.2. The maximum atomic E-state index is 13.2. The van der Waals surface area contributed by atoms with E-state index in [4.69, 9.17) is 0 Å². The number of hydrogen-bond donors (Lipinski definition) is 1. The zero-order valence-corrected chi connectivity index (χ0v) is 22.2. The third-order valence-corrected chi connectivity index (χ3v) is 7.81. The Kier molecular flexibility index (Phi) is 7.50. The lowest BCUT2D eigenvalue weighted by Gasteiger charge is -2.40. The molecule has 0 atom stereocenters. The summed E-state index contributed by atoms with van der Waals surface area (Å²) < 4.78 is 0. The number of para-hydroxylation sites is 1. The molecule has 1 amide bonds. The minimum Gasteiger partial charge on any atom is -0.353 e. The standard InChI is InChI=1S/C34H34N4O/c39-32(20-11-17-29-28-16-7-8-18-30(28)36-33(29)31-19-9-10-21-35-31)37-22-24-38(25-23-37)34(26-12-3-1-4-13-26)27-14-5-2-6-15-27/h1-10,12-16,18-19,21,34,36H,11,17,20,22-25H2. The molecule has 2 aromatic heterocycles. The molecule has 1 aliphatic rings. The first-order chi connectivity index (χ1) is 19.3. The van der Waals surface area contributed by atoms with E-state index < -0.39 is 0 Å². The van der Waals surface area contributed by atoms with Crippen LogP contribution in [0, 0.1) is 0 Å². The van der Waals surface area contributed by atoms with Gasteiger partial charge in [0.2, 0.25) is 5.91 Å². The fourth-order valence-corrected chi connectivity index (χ4v) is 5.88. The number of amides is 1. The summed E-state index contributed by atoms with van der Waals surface area (Å²) in [6.07, 6.45) is 4.04. The molecule has 0 spiro atoms. The minimum atomic E-state index is 0.205. The van der Waals surface area contributed by atoms with E-state index in [9.17, 15) is 4.79 Å². The largest absolute Gasteiger partial charge is 0.353 e. The third-order valence-electron chi connectivity index (χ3n) is 7.81. The normalized spacial score (nSPS) is 14.2. The Labute approximate surface area is 230 Å². The van der Waals surface area contributed by atoms with Crippen molar-refractivity contribution in [1.29, 1.82) is 0 Å². The molecule has 0 bridgehead atoms. The number of nitrogens with one attached hydrogen (secondary N) is 1. The summed E-state index contributed by atoms with van der Waals surface area (Å²) in [6.45, 7) is 3.27. The summed E-state index contributed by atoms with van der Waals surface area (Å²) in [4.78, 5) is 26.0. The Balaban J connectivity index is 1.10. The molecule has 5 aromatic rings. The lowest BCUT2D eigenvalue weighted by molar-refractivity contribution is -0.133. The molecule has 0 aliphatic carbocycles. The Morgan fingerprint density at radius 2 is 1.41 bits per heavy atom. The van der Waals surface area contributed by atoms with E-state index in [1.165, 1.54) is 22.1 Å². The molecule has 5 heteroatoms. The number of aryl methyl sites for hydroxylation is 1. The molecule has 0 radical (unpaired) electrons. The van der Waals surface area contributed by atoms with Crippen LogP contribution in [0.3, 0.4) is 0 Å². The Bertz CT molecular complexity index is 1470. The van der Waals surface area contributed by atoms with Crippen LogP contribution in [0.25, 0.3) is 22.3 Å². The van der Waals surface area contributed by atoms with E-state index in [1.807, 2.05) is 30.5 Å². The molecule has 0 unspecified atom stereocenters. The van der Waals surface area contributed by atoms with Crippen molar-refractivity contribution in [3.63, 3.8) is 0 Å². The number of nitrogens with zero attached hydrogens (tertiary/aromatic N) is 3. The summed E-state index contributed by atoms with van der Waals surface area (Å²) in [5.74, 6) is 0.254. The highest BCUT2D eigenvalue weighted by Gasteiger charge is 2.28. The van der Waals surface area contributed by atoms with Crippen molar-refractivity contribution in [2.75, 3.05) is 26.2 Å². The van der Waals surface area contributed by atoms with E-state index >= 15 is 0 Å². The molecule has 5 nitrogen and oxygen atoms in total. The van der Waals surface area contributed by atoms with Crippen LogP contribution >= 0.6 is 0 Å². The van der Waals surface area contributed by atoms with Gasteiger partial charge < -0.3 is 9.88 Å². The minimum absolute atomic E-state index is 0.205. The maximum absolute atomic E-state index is 13.2. The van der Waals surface area contributed by atoms with Gasteiger partial charge in [0.05, 0.1) is 17.4 Å². The van der Waals surface area contributed by atoms with Crippen LogP contribution in [0.15, 0.2) is 109 Å². The molecule has 3 heterocycles. The number of rotatable bonds is 8. The van der Waals surface area contributed by atoms with Gasteiger partial charge in [0, 0.05) is 49.7 Å². The summed E-state index contributed by atoms with van der Waals surface area (Å²) in [7, 11) is 0. The fraction of sp³-hybridized carbons (Fsp3) is 0.235. The summed E-state index contributed by atoms with van der Waals surface area (Å²) >= 11 is 0. The number of fused-ring (bicyclic) bond motifs is 1. The number of aromatic nitrogens is 2. The fourth-order valence-electron chi connectivity index (χ4n) is 5.88. The van der Waals surface area contributed by atoms with Crippen molar-refractivity contribution in [2.45, 2.75) is 25.3 Å². The highest BCUT2D eigenvalue weighted by Crippen LogP contribution is 2.31. The van der Waals surface area contributed by atoms with Gasteiger partial charge in [0.15, 0.2) is 0 Å². The lowest BCUT2D eigenvalue weighted by atomic mass is 9.96. The number of piperazine rings is 1. The molecular weight excluding hydrogens is 480 g/mol. The van der Waals surface area contributed by atoms with Gasteiger partial charge in [-0.3, -0.25) is 14.7 Å². The van der Waals surface area contributed by atoms with Gasteiger partial charge in [-0.05, 0) is 47.7 Å². The Hall–Kier alpha value is -4.22. The van der Waals surface area contributed by atoms with Crippen LogP contribution in [-0.4, -0.2) is 51.9 Å². The van der Waals surface area contributed by atoms with Gasteiger partial charge in [-0.2, -0.15) is 0 Å². The van der Waals surface area contributed by atoms with Crippen LogP contribution in [0.5, 0.6) is 0 Å². The van der Waals surface area contributed by atoms with Gasteiger partial charge in [0.1, 0.15) is 0 Å². The number of carbonyl (C=O) groups excluding carboxylic acids is 1. The van der Waals surface area contributed by atoms with Crippen molar-refractivity contribution in [2.24, 2.45) is 0 Å². The van der Waals surface area contributed by atoms with E-state index in [0.717, 1.165) is 55.9 Å². The summed E-state index contributed by atoms with van der Waals surface area (Å²) in [6, 6.07) is 36.0. The zero-order valence-electron chi connectivity index (χ0n) is 22.2. The Morgan fingerprint density at radius 3 is 2.08 bits per heavy atom. The zero-order chi connectivity index (χ0) is 26.4. The SMILES string of the molecule is O=C(CCCc1c(-c2ccccn2)[nH]c2ccccc12)N1CCN(C(c2ccccc2)c2ccccc2)CC1. The van der Waals surface area contributed by atoms with Gasteiger partial charge in [-0.1, -0.05) is 84.9 Å². The van der Waals surface area contributed by atoms with Crippen LogP contribution in [-0.2, 0) is 11.2 Å². The van der Waals surface area contributed by atoms with Crippen molar-refractivity contribution >= 4 is 16.8 Å². The average Bonchev–Trinajstić information content (AvgIpc) is 3.38. The highest BCUT2D eigenvalue weighted by atomic mass is 16.2. The number of aromatic amines is 1. The van der Waals surface area contributed by atoms with E-state index in [0.29, 0.717) is 6.42 Å². The molecule has 196 valence electrons. The molecule has 0 saturated carbocycles. The molecule has 1 fully saturated rings. The van der Waals surface area contributed by atoms with Crippen LogP contribution < -0.4 is 0 Å². The molecular formula is C34H34N4O. The van der Waals surface area contributed by atoms with Crippen molar-refractivity contribution in [3.8, 4) is 11.4 Å². The smallest absolute Gasteiger partial charge is 0.222 e. The summed E-state index contributed by atoms with van der Waals surface area (Å²) in [5.41, 5.74) is 6.96. The predicted octanol–water partition coefficient (Wildman–Crippen LogP) is 6.49. The number of pyridine rings is 1. The number of hydrogen-bond acceptors (Lipinski definition) is 3. The topological polar surface area (TPSA) is 52.2 Å². The number of carbonyl (C=O) groups is 1. The van der Waals surface area contributed by atoms with E-state index in [2.05, 4.69) is 98.6 Å². The second kappa shape index (κ2) is 11.7. The quantitative estimate of drug-likeness (QED) is 0.258. The van der Waals surface area contributed by atoms with Gasteiger partial charge >= 0.3 is 0 Å². The van der Waals surface area contributed by atoms with Gasteiger partial charge in [-0.25, -0.2) is 0 Å². The molecule has 3 aromatic carbocycles. The van der Waals surface area contributed by atoms with E-state index in [-0.39, 0.29) is 11.9 Å². The van der Waals surface area contributed by atoms with Gasteiger partial charge in [0.25, 0.3) is 0 Å². The molecule has 1 N–H and O–H groups in total. The first kappa shape index (κ1) is 25.1. The predicted molar refractivity (Wildman–Crippen MR) is 157 cm³/mol. The summed E-state index contributed by atoms with van der Waals surface area (Å²) in [5, 5.41) is 1.21. The number of benzene rings is 3. The van der Waals surface area contributed by atoms with Crippen molar-refractivity contribution in [1.82, 2.24) is 19.8 Å². The van der Waals surface area contributed by atoms with Crippen molar-refractivity contribution < 1.29 is 4.79 Å². The molecule has 1 aliphatic heterocycles. The van der Waals surface area contributed by atoms with Crippen molar-refractivity contribution in [3.05, 3.63) is 126 Å². The molecule has 6 rings (SSSR count). The monoisotopic (exact) mass is 514 g/mol. The second-order valence-electron chi connectivity index (χ2n) is 10.2. The van der Waals surface area contributed by atoms with Crippen LogP contribution in [0.2, 0.25) is 0 Å². The van der Waals surface area contributed by atoms with Gasteiger partial charge in [-0.15, -0.1) is 0 Å². The van der Waals surface area contributed by atoms with Crippen LogP contribution in [0.1, 0.15) is 35.6 Å². The first-order valence-corrected chi connectivity index (χ1v) is 13.9. The third kappa shape index (κ3) is 5.50. The molecule has 39 heavy (non-hydrogen) atoms. The average molecular weight is 515 g/mol. The first-order valence-electron chi connectivity index (χ1n) is 13.9.